The first-order valence-corrected chi connectivity index (χ1v) is 11.1. The van der Waals surface area contributed by atoms with Crippen LogP contribution in [-0.4, -0.2) is 77.6 Å². The number of carbonyl (C=O) groups is 1. The number of hydrogen-bond donors (Lipinski definition) is 1. The van der Waals surface area contributed by atoms with E-state index in [1.54, 1.807) is 0 Å². The number of benzene rings is 1. The van der Waals surface area contributed by atoms with E-state index >= 15 is 0 Å². The van der Waals surface area contributed by atoms with Crippen molar-refractivity contribution in [1.82, 2.24) is 14.7 Å². The first-order valence-electron chi connectivity index (χ1n) is 11.1. The summed E-state index contributed by atoms with van der Waals surface area (Å²) in [6, 6.07) is 11.5. The molecule has 1 N–H and O–H groups in total. The number of carbonyl (C=O) groups excluding carboxylic acids is 1. The first kappa shape index (κ1) is 19.9. The topological polar surface area (TPSA) is 47.0 Å². The average Bonchev–Trinajstić information content (AvgIpc) is 2.73. The zero-order valence-electron chi connectivity index (χ0n) is 17.1. The Balaban J connectivity index is 1.24. The molecule has 3 fully saturated rings. The van der Waals surface area contributed by atoms with Crippen LogP contribution in [0.3, 0.4) is 0 Å². The number of likely N-dealkylation sites (tertiary alicyclic amines) is 3. The van der Waals surface area contributed by atoms with Crippen LogP contribution in [0.25, 0.3) is 0 Å². The number of β-amino-alcohol motifs (C(OH)–C–C–N with tert-alkyl or cyclic N) is 1. The second-order valence-corrected chi connectivity index (χ2v) is 9.07. The molecular weight excluding hydrogens is 350 g/mol. The lowest BCUT2D eigenvalue weighted by molar-refractivity contribution is -0.140. The van der Waals surface area contributed by atoms with Gasteiger partial charge in [-0.25, -0.2) is 0 Å². The number of amides is 1. The zero-order valence-corrected chi connectivity index (χ0v) is 17.1. The minimum absolute atomic E-state index is 0.0789. The van der Waals surface area contributed by atoms with Crippen molar-refractivity contribution in [3.63, 3.8) is 0 Å². The largest absolute Gasteiger partial charge is 0.395 e. The normalized spacial score (nSPS) is 24.8. The van der Waals surface area contributed by atoms with Crippen molar-refractivity contribution in [3.8, 4) is 0 Å². The quantitative estimate of drug-likeness (QED) is 0.845. The molecule has 1 aromatic rings. The molecule has 0 aromatic heterocycles. The van der Waals surface area contributed by atoms with Crippen LogP contribution in [0.5, 0.6) is 0 Å². The van der Waals surface area contributed by atoms with Crippen LogP contribution in [-0.2, 0) is 11.3 Å². The molecule has 3 aliphatic heterocycles. The van der Waals surface area contributed by atoms with E-state index in [2.05, 4.69) is 40.1 Å². The maximum Gasteiger partial charge on any atom is 0.222 e. The smallest absolute Gasteiger partial charge is 0.222 e. The molecule has 0 saturated carbocycles. The van der Waals surface area contributed by atoms with Crippen molar-refractivity contribution in [2.24, 2.45) is 5.41 Å². The lowest BCUT2D eigenvalue weighted by Gasteiger charge is -2.49. The van der Waals surface area contributed by atoms with Crippen molar-refractivity contribution in [1.29, 1.82) is 0 Å². The predicted molar refractivity (Wildman–Crippen MR) is 111 cm³/mol. The van der Waals surface area contributed by atoms with Crippen molar-refractivity contribution in [2.75, 3.05) is 45.9 Å². The molecule has 1 aromatic carbocycles. The van der Waals surface area contributed by atoms with Gasteiger partial charge in [-0.05, 0) is 69.3 Å². The maximum absolute atomic E-state index is 12.1. The lowest BCUT2D eigenvalue weighted by Crippen LogP contribution is -2.54. The van der Waals surface area contributed by atoms with E-state index < -0.39 is 0 Å². The van der Waals surface area contributed by atoms with Gasteiger partial charge in [0.2, 0.25) is 5.91 Å². The number of rotatable bonds is 5. The predicted octanol–water partition coefficient (Wildman–Crippen LogP) is 2.35. The Morgan fingerprint density at radius 3 is 2.39 bits per heavy atom. The van der Waals surface area contributed by atoms with Crippen LogP contribution in [0.4, 0.5) is 0 Å². The monoisotopic (exact) mass is 385 g/mol. The van der Waals surface area contributed by atoms with Crippen LogP contribution in [0.1, 0.15) is 44.1 Å². The molecule has 0 aliphatic carbocycles. The molecule has 0 atom stereocenters. The lowest BCUT2D eigenvalue weighted by atomic mass is 9.72. The zero-order chi connectivity index (χ0) is 19.4. The van der Waals surface area contributed by atoms with E-state index in [0.717, 1.165) is 25.6 Å². The summed E-state index contributed by atoms with van der Waals surface area (Å²) in [5.41, 5.74) is 1.72. The van der Waals surface area contributed by atoms with Crippen molar-refractivity contribution in [2.45, 2.75) is 51.1 Å². The molecule has 1 amide bonds. The average molecular weight is 386 g/mol. The third kappa shape index (κ3) is 4.58. The SMILES string of the molecule is O=C1CCC2(CCN(C3CCN(Cc4ccccc4)CC3)CC2)CN1CCO. The van der Waals surface area contributed by atoms with Gasteiger partial charge in [-0.1, -0.05) is 30.3 Å². The number of aliphatic hydroxyl groups excluding tert-OH is 1. The van der Waals surface area contributed by atoms with Crippen LogP contribution >= 0.6 is 0 Å². The van der Waals surface area contributed by atoms with Crippen LogP contribution < -0.4 is 0 Å². The summed E-state index contributed by atoms with van der Waals surface area (Å²) in [5.74, 6) is 0.230. The minimum Gasteiger partial charge on any atom is -0.395 e. The van der Waals surface area contributed by atoms with Crippen molar-refractivity contribution in [3.05, 3.63) is 35.9 Å². The Bertz CT molecular complexity index is 635. The Hall–Kier alpha value is -1.43. The van der Waals surface area contributed by atoms with Crippen LogP contribution in [0.2, 0.25) is 0 Å². The Kier molecular flexibility index (Phi) is 6.34. The molecular formula is C23H35N3O2. The number of piperidine rings is 3. The molecule has 28 heavy (non-hydrogen) atoms. The fourth-order valence-corrected chi connectivity index (χ4v) is 5.48. The second-order valence-electron chi connectivity index (χ2n) is 9.07. The third-order valence-corrected chi connectivity index (χ3v) is 7.30. The molecule has 4 rings (SSSR count). The van der Waals surface area contributed by atoms with E-state index in [4.69, 9.17) is 0 Å². The first-order chi connectivity index (χ1) is 13.7. The van der Waals surface area contributed by atoms with E-state index in [1.807, 2.05) is 4.90 Å². The van der Waals surface area contributed by atoms with Gasteiger partial charge in [0, 0.05) is 32.1 Å². The number of hydrogen-bond acceptors (Lipinski definition) is 4. The molecule has 1 spiro atoms. The summed E-state index contributed by atoms with van der Waals surface area (Å²) in [6.45, 7) is 7.25. The van der Waals surface area contributed by atoms with Gasteiger partial charge in [-0.15, -0.1) is 0 Å². The highest BCUT2D eigenvalue weighted by Gasteiger charge is 2.41. The summed E-state index contributed by atoms with van der Waals surface area (Å²) in [7, 11) is 0. The highest BCUT2D eigenvalue weighted by atomic mass is 16.3. The fourth-order valence-electron chi connectivity index (χ4n) is 5.48. The molecule has 3 aliphatic rings. The summed E-state index contributed by atoms with van der Waals surface area (Å²) in [6.07, 6.45) is 6.65. The summed E-state index contributed by atoms with van der Waals surface area (Å²) in [4.78, 5) is 19.3. The molecule has 154 valence electrons. The van der Waals surface area contributed by atoms with Crippen molar-refractivity contribution >= 4 is 5.91 Å². The second kappa shape index (κ2) is 8.93. The van der Waals surface area contributed by atoms with Gasteiger partial charge >= 0.3 is 0 Å². The van der Waals surface area contributed by atoms with Gasteiger partial charge in [-0.3, -0.25) is 9.69 Å². The Morgan fingerprint density at radius 1 is 1.00 bits per heavy atom. The molecule has 5 nitrogen and oxygen atoms in total. The summed E-state index contributed by atoms with van der Waals surface area (Å²) >= 11 is 0. The number of nitrogens with zero attached hydrogens (tertiary/aromatic N) is 3. The fraction of sp³-hybridized carbons (Fsp3) is 0.696. The van der Waals surface area contributed by atoms with E-state index in [9.17, 15) is 9.90 Å². The van der Waals surface area contributed by atoms with Crippen LogP contribution in [0, 0.1) is 5.41 Å². The standard InChI is InChI=1S/C23H35N3O2/c27-17-16-26-19-23(9-6-22(26)28)10-14-25(15-11-23)21-7-12-24(13-8-21)18-20-4-2-1-3-5-20/h1-5,21,27H,6-19H2. The van der Waals surface area contributed by atoms with E-state index in [-0.39, 0.29) is 12.5 Å². The Morgan fingerprint density at radius 2 is 1.71 bits per heavy atom. The minimum atomic E-state index is 0.0789. The molecule has 0 bridgehead atoms. The van der Waals surface area contributed by atoms with Gasteiger partial charge in [0.15, 0.2) is 0 Å². The molecule has 0 unspecified atom stereocenters. The highest BCUT2D eigenvalue weighted by molar-refractivity contribution is 5.77. The molecule has 0 radical (unpaired) electrons. The molecule has 3 saturated heterocycles. The highest BCUT2D eigenvalue weighted by Crippen LogP contribution is 2.41. The van der Waals surface area contributed by atoms with Crippen LogP contribution in [0.15, 0.2) is 30.3 Å². The van der Waals surface area contributed by atoms with Crippen molar-refractivity contribution < 1.29 is 9.90 Å². The maximum atomic E-state index is 12.1. The van der Waals surface area contributed by atoms with Gasteiger partial charge in [-0.2, -0.15) is 0 Å². The molecule has 3 heterocycles. The van der Waals surface area contributed by atoms with Gasteiger partial charge < -0.3 is 14.9 Å². The molecule has 5 heteroatoms. The van der Waals surface area contributed by atoms with E-state index in [0.29, 0.717) is 18.4 Å². The van der Waals surface area contributed by atoms with Gasteiger partial charge in [0.25, 0.3) is 0 Å². The summed E-state index contributed by atoms with van der Waals surface area (Å²) < 4.78 is 0. The van der Waals surface area contributed by atoms with Gasteiger partial charge in [0.05, 0.1) is 6.61 Å². The Labute approximate surface area is 169 Å². The number of aliphatic hydroxyl groups is 1. The van der Waals surface area contributed by atoms with E-state index in [1.165, 1.54) is 57.4 Å². The summed E-state index contributed by atoms with van der Waals surface area (Å²) in [5, 5.41) is 9.24. The van der Waals surface area contributed by atoms with Gasteiger partial charge in [0.1, 0.15) is 0 Å². The third-order valence-electron chi connectivity index (χ3n) is 7.30.